The zero-order valence-corrected chi connectivity index (χ0v) is 18.5. The van der Waals surface area contributed by atoms with Gasteiger partial charge in [0.25, 0.3) is 11.8 Å². The SMILES string of the molecule is COc1cccc([C@H]2C3=CC[C@@H]4C(=O)N(O)C(=O)[C@@H]4[C@@H]3CC3=C2C(=O)C=C(Br)C3=O)c1O. The van der Waals surface area contributed by atoms with Crippen molar-refractivity contribution in [2.24, 2.45) is 17.8 Å². The third-order valence-corrected chi connectivity index (χ3v) is 7.46. The van der Waals surface area contributed by atoms with E-state index < -0.39 is 35.5 Å². The molecule has 2 N–H and O–H groups in total. The number of benzene rings is 1. The van der Waals surface area contributed by atoms with Crippen LogP contribution in [0.25, 0.3) is 0 Å². The summed E-state index contributed by atoms with van der Waals surface area (Å²) in [6.45, 7) is 0. The molecule has 8 nitrogen and oxygen atoms in total. The summed E-state index contributed by atoms with van der Waals surface area (Å²) >= 11 is 3.15. The van der Waals surface area contributed by atoms with Gasteiger partial charge in [0, 0.05) is 28.7 Å². The molecule has 0 bridgehead atoms. The average Bonchev–Trinajstić information content (AvgIpc) is 3.00. The lowest BCUT2D eigenvalue weighted by Gasteiger charge is -2.42. The number of fused-ring (bicyclic) bond motifs is 3. The van der Waals surface area contributed by atoms with E-state index in [-0.39, 0.29) is 56.6 Å². The Kier molecular flexibility index (Phi) is 4.72. The number of methoxy groups -OCH3 is 1. The van der Waals surface area contributed by atoms with E-state index in [4.69, 9.17) is 4.74 Å². The number of nitrogens with zero attached hydrogens (tertiary/aromatic N) is 1. The molecule has 164 valence electrons. The van der Waals surface area contributed by atoms with Gasteiger partial charge in [-0.25, -0.2) is 0 Å². The van der Waals surface area contributed by atoms with Crippen molar-refractivity contribution in [2.75, 3.05) is 7.11 Å². The predicted molar refractivity (Wildman–Crippen MR) is 113 cm³/mol. The standard InChI is InChI=1S/C23H18BrNO7/c1-32-16-4-2-3-10(21(16)28)17-9-5-6-11-18(23(30)25(31)22(11)29)12(9)7-13-19(17)15(26)8-14(24)20(13)27/h2-5,8,11-12,17-18,28,31H,6-7H2,1H3/t11-,12+,17+,18-/m0/s1. The molecule has 2 amide bonds. The van der Waals surface area contributed by atoms with Crippen molar-refractivity contribution < 1.29 is 34.2 Å². The highest BCUT2D eigenvalue weighted by Crippen LogP contribution is 2.56. The van der Waals surface area contributed by atoms with Crippen LogP contribution in [0.3, 0.4) is 0 Å². The molecule has 1 aliphatic heterocycles. The molecular formula is C23H18BrNO7. The molecule has 0 spiro atoms. The van der Waals surface area contributed by atoms with Gasteiger partial charge in [-0.1, -0.05) is 23.8 Å². The lowest BCUT2D eigenvalue weighted by molar-refractivity contribution is -0.173. The van der Waals surface area contributed by atoms with Crippen molar-refractivity contribution in [3.63, 3.8) is 0 Å². The van der Waals surface area contributed by atoms with Crippen LogP contribution >= 0.6 is 15.9 Å². The maximum Gasteiger partial charge on any atom is 0.257 e. The first-order valence-electron chi connectivity index (χ1n) is 10.1. The average molecular weight is 500 g/mol. The van der Waals surface area contributed by atoms with E-state index in [9.17, 15) is 29.5 Å². The fraction of sp³-hybridized carbons (Fsp3) is 0.304. The number of ether oxygens (including phenoxy) is 1. The van der Waals surface area contributed by atoms with E-state index in [1.165, 1.54) is 13.2 Å². The van der Waals surface area contributed by atoms with Crippen LogP contribution in [0.15, 0.2) is 51.6 Å². The second-order valence-electron chi connectivity index (χ2n) is 8.28. The summed E-state index contributed by atoms with van der Waals surface area (Å²) in [5, 5.41) is 21.0. The smallest absolute Gasteiger partial charge is 0.257 e. The van der Waals surface area contributed by atoms with Gasteiger partial charge in [-0.15, -0.1) is 0 Å². The van der Waals surface area contributed by atoms with Gasteiger partial charge in [-0.2, -0.15) is 5.06 Å². The minimum absolute atomic E-state index is 0.0872. The molecule has 1 fully saturated rings. The maximum atomic E-state index is 13.1. The number of ketones is 2. The van der Waals surface area contributed by atoms with E-state index in [0.717, 1.165) is 0 Å². The molecule has 9 heteroatoms. The molecule has 3 aliphatic carbocycles. The summed E-state index contributed by atoms with van der Waals surface area (Å²) in [5.41, 5.74) is 1.55. The number of carbonyl (C=O) groups excluding carboxylic acids is 4. The Bertz CT molecular complexity index is 1210. The number of carbonyl (C=O) groups is 4. The van der Waals surface area contributed by atoms with Gasteiger partial charge in [-0.05, 0) is 40.8 Å². The number of amides is 2. The molecule has 1 heterocycles. The number of Topliss-reactive ketones (excluding diaryl/α,β-unsaturated/α-hetero) is 1. The Labute approximate surface area is 190 Å². The van der Waals surface area contributed by atoms with Crippen molar-refractivity contribution in [3.05, 3.63) is 57.1 Å². The Morgan fingerprint density at radius 2 is 1.88 bits per heavy atom. The first-order chi connectivity index (χ1) is 15.3. The molecule has 0 saturated carbocycles. The Morgan fingerprint density at radius 3 is 2.59 bits per heavy atom. The number of phenolic OH excluding ortho intramolecular Hbond substituents is 1. The van der Waals surface area contributed by atoms with E-state index >= 15 is 0 Å². The van der Waals surface area contributed by atoms with Crippen LogP contribution in [0, 0.1) is 17.8 Å². The molecule has 0 radical (unpaired) electrons. The van der Waals surface area contributed by atoms with Gasteiger partial charge >= 0.3 is 0 Å². The molecule has 4 atom stereocenters. The molecule has 1 aromatic carbocycles. The number of rotatable bonds is 2. The Balaban J connectivity index is 1.74. The number of allylic oxidation sites excluding steroid dienone is 6. The zero-order chi connectivity index (χ0) is 22.9. The van der Waals surface area contributed by atoms with Crippen molar-refractivity contribution >= 4 is 39.3 Å². The first kappa shape index (κ1) is 20.8. The summed E-state index contributed by atoms with van der Waals surface area (Å²) in [5.74, 6) is -5.00. The molecule has 32 heavy (non-hydrogen) atoms. The fourth-order valence-electron chi connectivity index (χ4n) is 5.48. The fourth-order valence-corrected chi connectivity index (χ4v) is 5.93. The van der Waals surface area contributed by atoms with Crippen molar-refractivity contribution in [1.29, 1.82) is 0 Å². The third-order valence-electron chi connectivity index (χ3n) is 6.87. The molecule has 0 aromatic heterocycles. The molecule has 0 unspecified atom stereocenters. The van der Waals surface area contributed by atoms with Crippen molar-refractivity contribution in [1.82, 2.24) is 5.06 Å². The minimum Gasteiger partial charge on any atom is -0.504 e. The highest BCUT2D eigenvalue weighted by molar-refractivity contribution is 9.12. The number of phenols is 1. The van der Waals surface area contributed by atoms with E-state index in [0.29, 0.717) is 11.1 Å². The van der Waals surface area contributed by atoms with Crippen LogP contribution in [0.2, 0.25) is 0 Å². The van der Waals surface area contributed by atoms with Crippen LogP contribution in [0.4, 0.5) is 0 Å². The highest BCUT2D eigenvalue weighted by atomic mass is 79.9. The summed E-state index contributed by atoms with van der Waals surface area (Å²) < 4.78 is 5.35. The third kappa shape index (κ3) is 2.70. The highest BCUT2D eigenvalue weighted by Gasteiger charge is 2.56. The predicted octanol–water partition coefficient (Wildman–Crippen LogP) is 2.55. The second kappa shape index (κ2) is 7.25. The van der Waals surface area contributed by atoms with Gasteiger partial charge in [0.05, 0.1) is 23.4 Å². The van der Waals surface area contributed by atoms with Crippen LogP contribution < -0.4 is 4.74 Å². The number of aromatic hydroxyl groups is 1. The lowest BCUT2D eigenvalue weighted by Crippen LogP contribution is -2.39. The molecule has 1 saturated heterocycles. The lowest BCUT2D eigenvalue weighted by atomic mass is 9.59. The summed E-state index contributed by atoms with van der Waals surface area (Å²) in [4.78, 5) is 51.2. The van der Waals surface area contributed by atoms with E-state index in [1.54, 1.807) is 24.3 Å². The largest absolute Gasteiger partial charge is 0.504 e. The number of hydroxylamine groups is 2. The summed E-state index contributed by atoms with van der Waals surface area (Å²) in [6.07, 6.45) is 3.32. The molecular weight excluding hydrogens is 482 g/mol. The molecule has 1 aromatic rings. The number of hydrogen-bond donors (Lipinski definition) is 2. The van der Waals surface area contributed by atoms with Crippen LogP contribution in [-0.4, -0.2) is 45.9 Å². The molecule has 5 rings (SSSR count). The maximum absolute atomic E-state index is 13.1. The minimum atomic E-state index is -0.843. The number of para-hydroxylation sites is 1. The van der Waals surface area contributed by atoms with Gasteiger partial charge in [-0.3, -0.25) is 24.4 Å². The van der Waals surface area contributed by atoms with E-state index in [2.05, 4.69) is 15.9 Å². The number of hydrogen-bond acceptors (Lipinski definition) is 7. The van der Waals surface area contributed by atoms with Crippen molar-refractivity contribution in [3.8, 4) is 11.5 Å². The van der Waals surface area contributed by atoms with Gasteiger partial charge in [0.1, 0.15) is 0 Å². The summed E-state index contributed by atoms with van der Waals surface area (Å²) in [6, 6.07) is 4.89. The second-order valence-corrected chi connectivity index (χ2v) is 9.13. The Hall–Kier alpha value is -3.04. The van der Waals surface area contributed by atoms with Crippen LogP contribution in [0.1, 0.15) is 24.3 Å². The Morgan fingerprint density at radius 1 is 1.12 bits per heavy atom. The molecule has 4 aliphatic rings. The number of imide groups is 1. The topological polar surface area (TPSA) is 121 Å². The van der Waals surface area contributed by atoms with Crippen molar-refractivity contribution in [2.45, 2.75) is 18.8 Å². The first-order valence-corrected chi connectivity index (χ1v) is 10.9. The quantitative estimate of drug-likeness (QED) is 0.277. The zero-order valence-electron chi connectivity index (χ0n) is 16.9. The van der Waals surface area contributed by atoms with E-state index in [1.807, 2.05) is 0 Å². The van der Waals surface area contributed by atoms with Gasteiger partial charge in [0.15, 0.2) is 23.1 Å². The number of halogens is 1. The normalized spacial score (nSPS) is 29.4. The summed E-state index contributed by atoms with van der Waals surface area (Å²) in [7, 11) is 1.41. The monoisotopic (exact) mass is 499 g/mol. The van der Waals surface area contributed by atoms with Crippen LogP contribution in [-0.2, 0) is 19.2 Å². The van der Waals surface area contributed by atoms with Gasteiger partial charge < -0.3 is 9.84 Å². The van der Waals surface area contributed by atoms with Crippen LogP contribution in [0.5, 0.6) is 11.5 Å². The van der Waals surface area contributed by atoms with Gasteiger partial charge in [0.2, 0.25) is 0 Å².